The monoisotopic (exact) mass is 289 g/mol. The number of carbonyl (C=O) groups is 1. The van der Waals surface area contributed by atoms with E-state index in [4.69, 9.17) is 5.73 Å². The minimum absolute atomic E-state index is 0.0487. The maximum Gasteiger partial charge on any atom is 0.257 e. The van der Waals surface area contributed by atoms with E-state index in [0.717, 1.165) is 31.5 Å². The van der Waals surface area contributed by atoms with Gasteiger partial charge in [0.1, 0.15) is 0 Å². The molecular weight excluding hydrogens is 262 g/mol. The van der Waals surface area contributed by atoms with E-state index >= 15 is 0 Å². The summed E-state index contributed by atoms with van der Waals surface area (Å²) in [6.45, 7) is 7.09. The number of pyridine rings is 1. The van der Waals surface area contributed by atoms with Crippen molar-refractivity contribution in [3.8, 4) is 0 Å². The second-order valence-electron chi connectivity index (χ2n) is 6.53. The van der Waals surface area contributed by atoms with Crippen LogP contribution in [0.3, 0.4) is 0 Å². The molecule has 0 unspecified atom stereocenters. The average molecular weight is 289 g/mol. The summed E-state index contributed by atoms with van der Waals surface area (Å²) >= 11 is 0. The molecule has 0 atom stereocenters. The van der Waals surface area contributed by atoms with Crippen LogP contribution in [0.2, 0.25) is 0 Å². The molecule has 2 N–H and O–H groups in total. The molecule has 1 heterocycles. The summed E-state index contributed by atoms with van der Waals surface area (Å²) in [6.07, 6.45) is 7.33. The summed E-state index contributed by atoms with van der Waals surface area (Å²) in [4.78, 5) is 19.2. The number of rotatable bonds is 5. The van der Waals surface area contributed by atoms with Crippen molar-refractivity contribution in [1.29, 1.82) is 0 Å². The van der Waals surface area contributed by atoms with Crippen molar-refractivity contribution >= 4 is 11.6 Å². The maximum atomic E-state index is 12.9. The summed E-state index contributed by atoms with van der Waals surface area (Å²) in [7, 11) is 0. The minimum atomic E-state index is 0.0487. The van der Waals surface area contributed by atoms with Crippen LogP contribution in [0.5, 0.6) is 0 Å². The third-order valence-corrected chi connectivity index (χ3v) is 4.28. The zero-order chi connectivity index (χ0) is 15.4. The number of nitrogens with zero attached hydrogens (tertiary/aromatic N) is 2. The van der Waals surface area contributed by atoms with Crippen LogP contribution in [-0.4, -0.2) is 28.4 Å². The van der Waals surface area contributed by atoms with Gasteiger partial charge in [0.15, 0.2) is 0 Å². The SMILES string of the molecule is Cc1cc(N)c(C(=O)N(CCC(C)C)C2CCCC2)cn1. The van der Waals surface area contributed by atoms with Gasteiger partial charge in [0.2, 0.25) is 0 Å². The van der Waals surface area contributed by atoms with Crippen LogP contribution in [-0.2, 0) is 0 Å². The van der Waals surface area contributed by atoms with E-state index in [-0.39, 0.29) is 5.91 Å². The number of nitrogen functional groups attached to an aromatic ring is 1. The Balaban J connectivity index is 2.19. The normalized spacial score (nSPS) is 15.6. The Morgan fingerprint density at radius 3 is 2.67 bits per heavy atom. The summed E-state index contributed by atoms with van der Waals surface area (Å²) in [5, 5.41) is 0. The van der Waals surface area contributed by atoms with Crippen molar-refractivity contribution in [2.24, 2.45) is 5.92 Å². The Bertz CT molecular complexity index is 493. The lowest BCUT2D eigenvalue weighted by Crippen LogP contribution is -2.40. The van der Waals surface area contributed by atoms with Gasteiger partial charge in [-0.05, 0) is 38.2 Å². The van der Waals surface area contributed by atoms with Gasteiger partial charge in [0.05, 0.1) is 5.56 Å². The molecule has 0 aliphatic heterocycles. The first kappa shape index (κ1) is 15.8. The Morgan fingerprint density at radius 2 is 2.10 bits per heavy atom. The molecule has 1 amide bonds. The van der Waals surface area contributed by atoms with Crippen LogP contribution in [0.4, 0.5) is 5.69 Å². The van der Waals surface area contributed by atoms with Crippen LogP contribution in [0.25, 0.3) is 0 Å². The van der Waals surface area contributed by atoms with Crippen molar-refractivity contribution in [3.05, 3.63) is 23.5 Å². The van der Waals surface area contributed by atoms with E-state index < -0.39 is 0 Å². The molecule has 1 fully saturated rings. The second-order valence-corrected chi connectivity index (χ2v) is 6.53. The lowest BCUT2D eigenvalue weighted by Gasteiger charge is -2.30. The van der Waals surface area contributed by atoms with Gasteiger partial charge >= 0.3 is 0 Å². The Kier molecular flexibility index (Phi) is 5.21. The molecule has 116 valence electrons. The van der Waals surface area contributed by atoms with Gasteiger partial charge in [-0.15, -0.1) is 0 Å². The summed E-state index contributed by atoms with van der Waals surface area (Å²) < 4.78 is 0. The standard InChI is InChI=1S/C17H27N3O/c1-12(2)8-9-20(14-6-4-5-7-14)17(21)15-11-19-13(3)10-16(15)18/h10-12,14H,4-9H2,1-3H3,(H2,18,19). The molecule has 4 nitrogen and oxygen atoms in total. The van der Waals surface area contributed by atoms with Gasteiger partial charge in [-0.2, -0.15) is 0 Å². The van der Waals surface area contributed by atoms with Crippen LogP contribution in [0.1, 0.15) is 62.0 Å². The molecule has 1 aliphatic rings. The van der Waals surface area contributed by atoms with Crippen LogP contribution in [0.15, 0.2) is 12.3 Å². The molecule has 1 aromatic rings. The number of anilines is 1. The number of aromatic nitrogens is 1. The quantitative estimate of drug-likeness (QED) is 0.903. The number of hydrogen-bond acceptors (Lipinski definition) is 3. The van der Waals surface area contributed by atoms with Gasteiger partial charge in [-0.1, -0.05) is 26.7 Å². The lowest BCUT2D eigenvalue weighted by atomic mass is 10.1. The van der Waals surface area contributed by atoms with E-state index in [1.807, 2.05) is 11.8 Å². The number of amides is 1. The van der Waals surface area contributed by atoms with Gasteiger partial charge in [-0.25, -0.2) is 0 Å². The number of nitrogens with two attached hydrogens (primary N) is 1. The molecule has 0 radical (unpaired) electrons. The fourth-order valence-electron chi connectivity index (χ4n) is 2.98. The Labute approximate surface area is 127 Å². The highest BCUT2D eigenvalue weighted by atomic mass is 16.2. The molecule has 4 heteroatoms. The predicted octanol–water partition coefficient (Wildman–Crippen LogP) is 3.40. The summed E-state index contributed by atoms with van der Waals surface area (Å²) in [5.74, 6) is 0.641. The van der Waals surface area contributed by atoms with Crippen LogP contribution in [0, 0.1) is 12.8 Å². The van der Waals surface area contributed by atoms with E-state index in [0.29, 0.717) is 23.2 Å². The van der Waals surface area contributed by atoms with Gasteiger partial charge in [0, 0.05) is 30.2 Å². The van der Waals surface area contributed by atoms with E-state index in [1.165, 1.54) is 12.8 Å². The van der Waals surface area contributed by atoms with Crippen LogP contribution >= 0.6 is 0 Å². The van der Waals surface area contributed by atoms with Crippen LogP contribution < -0.4 is 5.73 Å². The molecule has 0 bridgehead atoms. The van der Waals surface area contributed by atoms with Crippen molar-refractivity contribution in [1.82, 2.24) is 9.88 Å². The van der Waals surface area contributed by atoms with Gasteiger partial charge in [-0.3, -0.25) is 9.78 Å². The molecule has 1 saturated carbocycles. The largest absolute Gasteiger partial charge is 0.398 e. The Hall–Kier alpha value is -1.58. The molecule has 1 aromatic heterocycles. The summed E-state index contributed by atoms with van der Waals surface area (Å²) in [6, 6.07) is 2.15. The molecular formula is C17H27N3O. The van der Waals surface area contributed by atoms with Crippen molar-refractivity contribution in [3.63, 3.8) is 0 Å². The molecule has 0 saturated heterocycles. The van der Waals surface area contributed by atoms with E-state index in [1.54, 1.807) is 12.3 Å². The van der Waals surface area contributed by atoms with Crippen molar-refractivity contribution in [2.45, 2.75) is 58.9 Å². The van der Waals surface area contributed by atoms with Crippen molar-refractivity contribution in [2.75, 3.05) is 12.3 Å². The molecule has 0 spiro atoms. The maximum absolute atomic E-state index is 12.9. The lowest BCUT2D eigenvalue weighted by molar-refractivity contribution is 0.0672. The first-order valence-corrected chi connectivity index (χ1v) is 8.02. The zero-order valence-corrected chi connectivity index (χ0v) is 13.4. The first-order chi connectivity index (χ1) is 9.99. The fourth-order valence-corrected chi connectivity index (χ4v) is 2.98. The smallest absolute Gasteiger partial charge is 0.257 e. The van der Waals surface area contributed by atoms with Gasteiger partial charge in [0.25, 0.3) is 5.91 Å². The predicted molar refractivity (Wildman–Crippen MR) is 86.1 cm³/mol. The van der Waals surface area contributed by atoms with Gasteiger partial charge < -0.3 is 10.6 Å². The third-order valence-electron chi connectivity index (χ3n) is 4.28. The molecule has 0 aromatic carbocycles. The fraction of sp³-hybridized carbons (Fsp3) is 0.647. The minimum Gasteiger partial charge on any atom is -0.398 e. The molecule has 21 heavy (non-hydrogen) atoms. The average Bonchev–Trinajstić information content (AvgIpc) is 2.92. The topological polar surface area (TPSA) is 59.2 Å². The number of aryl methyl sites for hydroxylation is 1. The van der Waals surface area contributed by atoms with E-state index in [9.17, 15) is 4.79 Å². The molecule has 1 aliphatic carbocycles. The highest BCUT2D eigenvalue weighted by Crippen LogP contribution is 2.26. The number of hydrogen-bond donors (Lipinski definition) is 1. The number of carbonyl (C=O) groups excluding carboxylic acids is 1. The van der Waals surface area contributed by atoms with E-state index in [2.05, 4.69) is 18.8 Å². The second kappa shape index (κ2) is 6.92. The Morgan fingerprint density at radius 1 is 1.43 bits per heavy atom. The summed E-state index contributed by atoms with van der Waals surface area (Å²) in [5.41, 5.74) is 7.97. The third kappa shape index (κ3) is 3.96. The zero-order valence-electron chi connectivity index (χ0n) is 13.4. The molecule has 2 rings (SSSR count). The highest BCUT2D eigenvalue weighted by molar-refractivity contribution is 5.99. The highest BCUT2D eigenvalue weighted by Gasteiger charge is 2.28. The van der Waals surface area contributed by atoms with Crippen molar-refractivity contribution < 1.29 is 4.79 Å². The first-order valence-electron chi connectivity index (χ1n) is 8.02.